The molecule has 2 heterocycles. The SMILES string of the molecule is N#Cc1c(-c2ccc(N)cc2)n(C2CCC2)c2cc(OCCCN3CCCC3)ccc12. The highest BCUT2D eigenvalue weighted by molar-refractivity contribution is 5.95. The number of nitriles is 1. The average molecular weight is 415 g/mol. The summed E-state index contributed by atoms with van der Waals surface area (Å²) in [4.78, 5) is 2.52. The van der Waals surface area contributed by atoms with Crippen LogP contribution in [0.2, 0.25) is 0 Å². The highest BCUT2D eigenvalue weighted by atomic mass is 16.5. The third kappa shape index (κ3) is 3.88. The van der Waals surface area contributed by atoms with E-state index in [1.54, 1.807) is 0 Å². The van der Waals surface area contributed by atoms with E-state index in [-0.39, 0.29) is 0 Å². The summed E-state index contributed by atoms with van der Waals surface area (Å²) in [6.07, 6.45) is 7.23. The minimum Gasteiger partial charge on any atom is -0.493 e. The Morgan fingerprint density at radius 3 is 2.48 bits per heavy atom. The molecule has 2 aliphatic rings. The maximum atomic E-state index is 10.0. The third-order valence-corrected chi connectivity index (χ3v) is 6.80. The van der Waals surface area contributed by atoms with Gasteiger partial charge in [-0.1, -0.05) is 12.1 Å². The Hall–Kier alpha value is -2.97. The fraction of sp³-hybridized carbons (Fsp3) is 0.423. The van der Waals surface area contributed by atoms with Gasteiger partial charge in [0.05, 0.1) is 23.4 Å². The number of benzene rings is 2. The molecule has 0 spiro atoms. The Labute approximate surface area is 184 Å². The van der Waals surface area contributed by atoms with Crippen LogP contribution in [0.15, 0.2) is 42.5 Å². The van der Waals surface area contributed by atoms with E-state index in [1.165, 1.54) is 32.4 Å². The van der Waals surface area contributed by atoms with E-state index in [4.69, 9.17) is 10.5 Å². The maximum Gasteiger partial charge on any atom is 0.121 e. The van der Waals surface area contributed by atoms with Gasteiger partial charge < -0.3 is 19.9 Å². The Morgan fingerprint density at radius 1 is 1.03 bits per heavy atom. The molecule has 3 aromatic rings. The number of nitrogens with two attached hydrogens (primary N) is 1. The van der Waals surface area contributed by atoms with E-state index < -0.39 is 0 Å². The van der Waals surface area contributed by atoms with Gasteiger partial charge >= 0.3 is 0 Å². The molecule has 0 unspecified atom stereocenters. The number of anilines is 1. The number of hydrogen-bond donors (Lipinski definition) is 1. The normalized spacial score (nSPS) is 17.0. The zero-order chi connectivity index (χ0) is 21.2. The lowest BCUT2D eigenvalue weighted by molar-refractivity contribution is 0.263. The quantitative estimate of drug-likeness (QED) is 0.418. The van der Waals surface area contributed by atoms with E-state index in [0.29, 0.717) is 6.04 Å². The van der Waals surface area contributed by atoms with E-state index in [2.05, 4.69) is 27.7 Å². The molecule has 0 atom stereocenters. The number of nitrogens with zero attached hydrogens (tertiary/aromatic N) is 3. The predicted molar refractivity (Wildman–Crippen MR) is 125 cm³/mol. The second-order valence-electron chi connectivity index (χ2n) is 8.84. The van der Waals surface area contributed by atoms with Crippen molar-refractivity contribution in [3.63, 3.8) is 0 Å². The third-order valence-electron chi connectivity index (χ3n) is 6.80. The van der Waals surface area contributed by atoms with Crippen LogP contribution in [0.5, 0.6) is 5.75 Å². The number of nitrogen functional groups attached to an aromatic ring is 1. The summed E-state index contributed by atoms with van der Waals surface area (Å²) in [6, 6.07) is 17.0. The lowest BCUT2D eigenvalue weighted by atomic mass is 9.92. The summed E-state index contributed by atoms with van der Waals surface area (Å²) in [5.74, 6) is 0.889. The first-order chi connectivity index (χ1) is 15.2. The van der Waals surface area contributed by atoms with Crippen LogP contribution in [0.25, 0.3) is 22.2 Å². The number of rotatable bonds is 7. The first-order valence-electron chi connectivity index (χ1n) is 11.5. The van der Waals surface area contributed by atoms with Crippen LogP contribution in [0.4, 0.5) is 5.69 Å². The summed E-state index contributed by atoms with van der Waals surface area (Å²) < 4.78 is 8.50. The van der Waals surface area contributed by atoms with Crippen molar-refractivity contribution in [1.82, 2.24) is 9.47 Å². The monoisotopic (exact) mass is 414 g/mol. The molecule has 5 heteroatoms. The highest BCUT2D eigenvalue weighted by Crippen LogP contribution is 2.43. The molecule has 160 valence electrons. The van der Waals surface area contributed by atoms with Crippen molar-refractivity contribution < 1.29 is 4.74 Å². The molecular weight excluding hydrogens is 384 g/mol. The number of fused-ring (bicyclic) bond motifs is 1. The molecule has 1 aliphatic carbocycles. The number of ether oxygens (including phenoxy) is 1. The van der Waals surface area contributed by atoms with Gasteiger partial charge in [-0.2, -0.15) is 5.26 Å². The zero-order valence-corrected chi connectivity index (χ0v) is 18.0. The summed E-state index contributed by atoms with van der Waals surface area (Å²) in [5, 5.41) is 11.0. The van der Waals surface area contributed by atoms with Crippen molar-refractivity contribution in [2.24, 2.45) is 0 Å². The van der Waals surface area contributed by atoms with Gasteiger partial charge in [0.2, 0.25) is 0 Å². The second kappa shape index (κ2) is 8.64. The van der Waals surface area contributed by atoms with Crippen LogP contribution in [-0.4, -0.2) is 35.7 Å². The highest BCUT2D eigenvalue weighted by Gasteiger charge is 2.28. The Balaban J connectivity index is 1.46. The van der Waals surface area contributed by atoms with Crippen LogP contribution in [0.3, 0.4) is 0 Å². The van der Waals surface area contributed by atoms with Gasteiger partial charge in [-0.05, 0) is 81.4 Å². The van der Waals surface area contributed by atoms with Crippen LogP contribution in [0.1, 0.15) is 50.1 Å². The lowest BCUT2D eigenvalue weighted by Crippen LogP contribution is -2.21. The van der Waals surface area contributed by atoms with Gasteiger partial charge in [0.1, 0.15) is 11.8 Å². The average Bonchev–Trinajstić information content (AvgIpc) is 3.37. The minimum atomic E-state index is 0.433. The van der Waals surface area contributed by atoms with Crippen molar-refractivity contribution >= 4 is 16.6 Å². The smallest absolute Gasteiger partial charge is 0.121 e. The van der Waals surface area contributed by atoms with Gasteiger partial charge in [-0.25, -0.2) is 0 Å². The molecule has 2 fully saturated rings. The molecule has 5 rings (SSSR count). The topological polar surface area (TPSA) is 67.2 Å². The van der Waals surface area contributed by atoms with E-state index in [0.717, 1.165) is 71.6 Å². The van der Waals surface area contributed by atoms with Gasteiger partial charge in [0.15, 0.2) is 0 Å². The Morgan fingerprint density at radius 2 is 1.81 bits per heavy atom. The fourth-order valence-electron chi connectivity index (χ4n) is 4.93. The van der Waals surface area contributed by atoms with Crippen molar-refractivity contribution in [3.8, 4) is 23.1 Å². The Kier molecular flexibility index (Phi) is 5.57. The van der Waals surface area contributed by atoms with E-state index >= 15 is 0 Å². The molecule has 0 bridgehead atoms. The summed E-state index contributed by atoms with van der Waals surface area (Å²) in [7, 11) is 0. The standard InChI is InChI=1S/C26H30N4O/c27-18-24-23-12-11-22(31-16-4-15-29-13-1-2-14-29)17-25(23)30(21-5-3-6-21)26(24)19-7-9-20(28)10-8-19/h7-12,17,21H,1-6,13-16,28H2. The molecule has 0 amide bonds. The summed E-state index contributed by atoms with van der Waals surface area (Å²) >= 11 is 0. The molecule has 0 radical (unpaired) electrons. The van der Waals surface area contributed by atoms with E-state index in [1.807, 2.05) is 30.3 Å². The van der Waals surface area contributed by atoms with Gasteiger partial charge in [-0.3, -0.25) is 0 Å². The summed E-state index contributed by atoms with van der Waals surface area (Å²) in [5.41, 5.74) is 10.5. The largest absolute Gasteiger partial charge is 0.493 e. The zero-order valence-electron chi connectivity index (χ0n) is 18.0. The van der Waals surface area contributed by atoms with Crippen LogP contribution in [-0.2, 0) is 0 Å². The first-order valence-corrected chi connectivity index (χ1v) is 11.5. The van der Waals surface area contributed by atoms with Crippen molar-refractivity contribution in [3.05, 3.63) is 48.0 Å². The molecule has 31 heavy (non-hydrogen) atoms. The molecule has 2 N–H and O–H groups in total. The van der Waals surface area contributed by atoms with Gasteiger partial charge in [0, 0.05) is 29.7 Å². The molecule has 5 nitrogen and oxygen atoms in total. The van der Waals surface area contributed by atoms with E-state index in [9.17, 15) is 5.26 Å². The van der Waals surface area contributed by atoms with Gasteiger partial charge in [-0.15, -0.1) is 0 Å². The molecule has 1 aliphatic heterocycles. The molecular formula is C26H30N4O. The van der Waals surface area contributed by atoms with Crippen LogP contribution >= 0.6 is 0 Å². The number of likely N-dealkylation sites (tertiary alicyclic amines) is 1. The molecule has 1 aromatic heterocycles. The maximum absolute atomic E-state index is 10.0. The summed E-state index contributed by atoms with van der Waals surface area (Å²) in [6.45, 7) is 4.29. The fourth-order valence-corrected chi connectivity index (χ4v) is 4.93. The lowest BCUT2D eigenvalue weighted by Gasteiger charge is -2.30. The number of aromatic nitrogens is 1. The van der Waals surface area contributed by atoms with Crippen LogP contribution in [0, 0.1) is 11.3 Å². The molecule has 1 saturated carbocycles. The minimum absolute atomic E-state index is 0.433. The number of hydrogen-bond acceptors (Lipinski definition) is 4. The first kappa shape index (κ1) is 20.0. The van der Waals surface area contributed by atoms with Crippen molar-refractivity contribution in [1.29, 1.82) is 5.26 Å². The van der Waals surface area contributed by atoms with Crippen molar-refractivity contribution in [2.45, 2.75) is 44.6 Å². The molecule has 2 aromatic carbocycles. The van der Waals surface area contributed by atoms with Crippen LogP contribution < -0.4 is 10.5 Å². The van der Waals surface area contributed by atoms with Crippen molar-refractivity contribution in [2.75, 3.05) is 32.0 Å². The molecule has 1 saturated heterocycles. The second-order valence-corrected chi connectivity index (χ2v) is 8.84. The predicted octanol–water partition coefficient (Wildman–Crippen LogP) is 5.35. The van der Waals surface area contributed by atoms with Gasteiger partial charge in [0.25, 0.3) is 0 Å². The Bertz CT molecular complexity index is 1100.